The molecule has 1 aliphatic carbocycles. The Hall–Kier alpha value is -1.87. The molecule has 3 heteroatoms. The molecule has 1 spiro atoms. The third-order valence-electron chi connectivity index (χ3n) is 5.15. The summed E-state index contributed by atoms with van der Waals surface area (Å²) in [6, 6.07) is 14.3. The largest absolute Gasteiger partial charge is 0.325 e. The Bertz CT molecular complexity index is 683. The Kier molecular flexibility index (Phi) is 2.96. The highest BCUT2D eigenvalue weighted by molar-refractivity contribution is 6.03. The van der Waals surface area contributed by atoms with Crippen molar-refractivity contribution in [2.24, 2.45) is 11.3 Å². The Morgan fingerprint density at radius 2 is 1.86 bits per heavy atom. The van der Waals surface area contributed by atoms with E-state index in [9.17, 15) is 4.79 Å². The van der Waals surface area contributed by atoms with E-state index in [-0.39, 0.29) is 11.8 Å². The first-order valence-corrected chi connectivity index (χ1v) is 7.78. The van der Waals surface area contributed by atoms with Crippen LogP contribution in [-0.2, 0) is 4.79 Å². The highest BCUT2D eigenvalue weighted by Gasteiger charge is 2.57. The summed E-state index contributed by atoms with van der Waals surface area (Å²) in [5.74, 6) is 0.409. The molecule has 1 heterocycles. The smallest absolute Gasteiger partial charge is 0.228 e. The molecule has 2 aliphatic rings. The number of carbonyl (C=O) groups excluding carboxylic acids is 1. The minimum Gasteiger partial charge on any atom is -0.325 e. The molecule has 4 rings (SSSR count). The predicted octanol–water partition coefficient (Wildman–Crippen LogP) is 3.17. The van der Waals surface area contributed by atoms with E-state index in [4.69, 9.17) is 0 Å². The summed E-state index contributed by atoms with van der Waals surface area (Å²) in [4.78, 5) is 12.6. The minimum atomic E-state index is 0.202. The number of carbonyl (C=O) groups is 1. The van der Waals surface area contributed by atoms with Gasteiger partial charge in [0.25, 0.3) is 0 Å². The van der Waals surface area contributed by atoms with E-state index in [1.165, 1.54) is 5.39 Å². The van der Waals surface area contributed by atoms with Crippen LogP contribution in [0.1, 0.15) is 19.3 Å². The van der Waals surface area contributed by atoms with Gasteiger partial charge in [-0.25, -0.2) is 0 Å². The standard InChI is InChI=1S/C18H20N2O/c21-17(15-12-18(15)8-10-19-11-9-18)20-16-7-3-5-13-4-1-2-6-14(13)16/h1-7,15,19H,8-12H2,(H,20,21). The van der Waals surface area contributed by atoms with Crippen molar-refractivity contribution in [3.05, 3.63) is 42.5 Å². The number of hydrogen-bond acceptors (Lipinski definition) is 2. The van der Waals surface area contributed by atoms with E-state index in [0.717, 1.165) is 43.4 Å². The molecule has 21 heavy (non-hydrogen) atoms. The third-order valence-corrected chi connectivity index (χ3v) is 5.15. The first-order valence-electron chi connectivity index (χ1n) is 7.78. The van der Waals surface area contributed by atoms with Crippen LogP contribution in [0.15, 0.2) is 42.5 Å². The van der Waals surface area contributed by atoms with Crippen LogP contribution in [0.5, 0.6) is 0 Å². The summed E-state index contributed by atoms with van der Waals surface area (Å²) in [5, 5.41) is 8.83. The Morgan fingerprint density at radius 3 is 2.71 bits per heavy atom. The van der Waals surface area contributed by atoms with Crippen molar-refractivity contribution in [1.82, 2.24) is 5.32 Å². The highest BCUT2D eigenvalue weighted by atomic mass is 16.2. The van der Waals surface area contributed by atoms with E-state index in [0.29, 0.717) is 5.41 Å². The fourth-order valence-corrected chi connectivity index (χ4v) is 3.75. The van der Waals surface area contributed by atoms with Gasteiger partial charge in [0.05, 0.1) is 0 Å². The molecule has 1 aliphatic heterocycles. The Balaban J connectivity index is 1.54. The molecule has 2 aromatic carbocycles. The summed E-state index contributed by atoms with van der Waals surface area (Å²) in [7, 11) is 0. The number of fused-ring (bicyclic) bond motifs is 1. The molecule has 3 nitrogen and oxygen atoms in total. The number of hydrogen-bond donors (Lipinski definition) is 2. The lowest BCUT2D eigenvalue weighted by Crippen LogP contribution is -2.31. The van der Waals surface area contributed by atoms with Crippen LogP contribution in [0.4, 0.5) is 5.69 Å². The van der Waals surface area contributed by atoms with Crippen molar-refractivity contribution in [2.75, 3.05) is 18.4 Å². The van der Waals surface area contributed by atoms with Gasteiger partial charge in [-0.15, -0.1) is 0 Å². The maximum atomic E-state index is 12.6. The second kappa shape index (κ2) is 4.85. The zero-order chi connectivity index (χ0) is 14.3. The van der Waals surface area contributed by atoms with E-state index in [2.05, 4.69) is 28.8 Å². The second-order valence-corrected chi connectivity index (χ2v) is 6.39. The fourth-order valence-electron chi connectivity index (χ4n) is 3.75. The summed E-state index contributed by atoms with van der Waals surface area (Å²) in [6.45, 7) is 2.11. The minimum absolute atomic E-state index is 0.202. The predicted molar refractivity (Wildman–Crippen MR) is 85.2 cm³/mol. The number of piperidine rings is 1. The highest BCUT2D eigenvalue weighted by Crippen LogP contribution is 2.58. The monoisotopic (exact) mass is 280 g/mol. The molecule has 2 fully saturated rings. The van der Waals surface area contributed by atoms with E-state index >= 15 is 0 Å². The maximum absolute atomic E-state index is 12.6. The van der Waals surface area contributed by atoms with Gasteiger partial charge in [0.2, 0.25) is 5.91 Å². The van der Waals surface area contributed by atoms with Crippen LogP contribution >= 0.6 is 0 Å². The molecule has 2 aromatic rings. The zero-order valence-corrected chi connectivity index (χ0v) is 12.1. The quantitative estimate of drug-likeness (QED) is 0.887. The molecule has 0 radical (unpaired) electrons. The molecule has 1 saturated heterocycles. The normalized spacial score (nSPS) is 23.1. The first-order chi connectivity index (χ1) is 10.3. The average Bonchev–Trinajstić information content (AvgIpc) is 3.22. The molecule has 2 N–H and O–H groups in total. The lowest BCUT2D eigenvalue weighted by molar-refractivity contribution is -0.118. The molecular formula is C18H20N2O. The number of nitrogens with one attached hydrogen (secondary N) is 2. The molecule has 108 valence electrons. The van der Waals surface area contributed by atoms with Gasteiger partial charge in [-0.1, -0.05) is 36.4 Å². The van der Waals surface area contributed by atoms with E-state index < -0.39 is 0 Å². The van der Waals surface area contributed by atoms with Crippen LogP contribution in [-0.4, -0.2) is 19.0 Å². The van der Waals surface area contributed by atoms with Gasteiger partial charge in [0.15, 0.2) is 0 Å². The number of anilines is 1. The first kappa shape index (κ1) is 12.8. The number of rotatable bonds is 2. The molecule has 1 unspecified atom stereocenters. The van der Waals surface area contributed by atoms with E-state index in [1.807, 2.05) is 24.3 Å². The van der Waals surface area contributed by atoms with E-state index in [1.54, 1.807) is 0 Å². The van der Waals surface area contributed by atoms with Crippen LogP contribution < -0.4 is 10.6 Å². The zero-order valence-electron chi connectivity index (χ0n) is 12.1. The van der Waals surface area contributed by atoms with Crippen molar-refractivity contribution < 1.29 is 4.79 Å². The third kappa shape index (κ3) is 2.22. The summed E-state index contributed by atoms with van der Waals surface area (Å²) in [5.41, 5.74) is 1.23. The molecular weight excluding hydrogens is 260 g/mol. The fraction of sp³-hybridized carbons (Fsp3) is 0.389. The van der Waals surface area contributed by atoms with Crippen molar-refractivity contribution in [3.8, 4) is 0 Å². The van der Waals surface area contributed by atoms with Gasteiger partial charge >= 0.3 is 0 Å². The average molecular weight is 280 g/mol. The molecule has 1 amide bonds. The molecule has 1 atom stereocenters. The summed E-state index contributed by atoms with van der Waals surface area (Å²) in [6.07, 6.45) is 3.34. The van der Waals surface area contributed by atoms with Crippen molar-refractivity contribution in [2.45, 2.75) is 19.3 Å². The summed E-state index contributed by atoms with van der Waals surface area (Å²) >= 11 is 0. The van der Waals surface area contributed by atoms with Crippen LogP contribution in [0, 0.1) is 11.3 Å². The van der Waals surface area contributed by atoms with Gasteiger partial charge < -0.3 is 10.6 Å². The van der Waals surface area contributed by atoms with Crippen LogP contribution in [0.25, 0.3) is 10.8 Å². The number of benzene rings is 2. The summed E-state index contributed by atoms with van der Waals surface area (Å²) < 4.78 is 0. The Morgan fingerprint density at radius 1 is 1.10 bits per heavy atom. The van der Waals surface area contributed by atoms with Gasteiger partial charge in [0.1, 0.15) is 0 Å². The van der Waals surface area contributed by atoms with Crippen molar-refractivity contribution in [1.29, 1.82) is 0 Å². The van der Waals surface area contributed by atoms with Crippen LogP contribution in [0.2, 0.25) is 0 Å². The Labute approximate surface area is 124 Å². The molecule has 1 saturated carbocycles. The van der Waals surface area contributed by atoms with Gasteiger partial charge in [-0.05, 0) is 49.2 Å². The van der Waals surface area contributed by atoms with Gasteiger partial charge in [-0.3, -0.25) is 4.79 Å². The maximum Gasteiger partial charge on any atom is 0.228 e. The lowest BCUT2D eigenvalue weighted by Gasteiger charge is -2.23. The molecule has 0 bridgehead atoms. The van der Waals surface area contributed by atoms with Gasteiger partial charge in [-0.2, -0.15) is 0 Å². The second-order valence-electron chi connectivity index (χ2n) is 6.39. The van der Waals surface area contributed by atoms with Crippen LogP contribution in [0.3, 0.4) is 0 Å². The topological polar surface area (TPSA) is 41.1 Å². The lowest BCUT2D eigenvalue weighted by atomic mass is 9.91. The van der Waals surface area contributed by atoms with Gasteiger partial charge in [0, 0.05) is 17.0 Å². The molecule has 0 aromatic heterocycles. The van der Waals surface area contributed by atoms with Crippen molar-refractivity contribution in [3.63, 3.8) is 0 Å². The number of amides is 1. The van der Waals surface area contributed by atoms with Crippen molar-refractivity contribution >= 4 is 22.4 Å². The SMILES string of the molecule is O=C(Nc1cccc2ccccc12)C1CC12CCNCC2.